The van der Waals surface area contributed by atoms with E-state index in [0.717, 1.165) is 21.9 Å². The van der Waals surface area contributed by atoms with Crippen molar-refractivity contribution in [3.63, 3.8) is 0 Å². The molecule has 3 heterocycles. The van der Waals surface area contributed by atoms with Gasteiger partial charge in [-0.25, -0.2) is 17.5 Å². The standard InChI is InChI=1S/C25H20FN3O4S2/c1-14-5-7-17(26)12-16(14)13-29-19-8-6-15-9-11-34-23(15)21(19)20(18-4-3-10-27-24(18)30)22(29)25(31)28-35(2,32)33/h3-12H,13H2,1-2H3,(H,27,30)(H,28,31). The Hall–Kier alpha value is -3.76. The molecule has 0 atom stereocenters. The number of carbonyl (C=O) groups is 1. The van der Waals surface area contributed by atoms with Gasteiger partial charge in [-0.1, -0.05) is 12.1 Å². The highest BCUT2D eigenvalue weighted by molar-refractivity contribution is 7.89. The number of pyridine rings is 1. The van der Waals surface area contributed by atoms with Crippen LogP contribution in [0.5, 0.6) is 0 Å². The van der Waals surface area contributed by atoms with E-state index < -0.39 is 27.3 Å². The summed E-state index contributed by atoms with van der Waals surface area (Å²) in [6, 6.07) is 13.3. The van der Waals surface area contributed by atoms with Gasteiger partial charge in [0.05, 0.1) is 11.8 Å². The van der Waals surface area contributed by atoms with Crippen LogP contribution in [0.1, 0.15) is 21.6 Å². The van der Waals surface area contributed by atoms with Crippen LogP contribution < -0.4 is 10.3 Å². The number of halogens is 1. The van der Waals surface area contributed by atoms with Gasteiger partial charge < -0.3 is 9.55 Å². The number of aromatic amines is 1. The van der Waals surface area contributed by atoms with Gasteiger partial charge in [-0.05, 0) is 65.2 Å². The van der Waals surface area contributed by atoms with Gasteiger partial charge in [0, 0.05) is 34.0 Å². The minimum absolute atomic E-state index is 0.00619. The Balaban J connectivity index is 1.93. The smallest absolute Gasteiger partial charge is 0.282 e. The summed E-state index contributed by atoms with van der Waals surface area (Å²) in [5.41, 5.74) is 2.19. The molecule has 0 aliphatic rings. The summed E-state index contributed by atoms with van der Waals surface area (Å²) in [6.07, 6.45) is 2.37. The van der Waals surface area contributed by atoms with E-state index in [4.69, 9.17) is 0 Å². The lowest BCUT2D eigenvalue weighted by Gasteiger charge is -2.14. The van der Waals surface area contributed by atoms with Crippen molar-refractivity contribution in [3.8, 4) is 11.1 Å². The number of benzene rings is 2. The molecule has 0 spiro atoms. The third-order valence-electron chi connectivity index (χ3n) is 5.87. The van der Waals surface area contributed by atoms with Gasteiger partial charge in [-0.3, -0.25) is 9.59 Å². The van der Waals surface area contributed by atoms with Crippen LogP contribution >= 0.6 is 11.3 Å². The molecule has 0 aliphatic carbocycles. The molecule has 1 amide bonds. The molecular weight excluding hydrogens is 489 g/mol. The predicted molar refractivity (Wildman–Crippen MR) is 136 cm³/mol. The molecule has 178 valence electrons. The fraction of sp³-hybridized carbons (Fsp3) is 0.120. The summed E-state index contributed by atoms with van der Waals surface area (Å²) < 4.78 is 42.7. The molecule has 10 heteroatoms. The Kier molecular flexibility index (Phi) is 5.57. The molecule has 0 bridgehead atoms. The highest BCUT2D eigenvalue weighted by atomic mass is 32.2. The molecule has 5 aromatic rings. The highest BCUT2D eigenvalue weighted by Crippen LogP contribution is 2.41. The van der Waals surface area contributed by atoms with Crippen LogP contribution in [0, 0.1) is 12.7 Å². The van der Waals surface area contributed by atoms with E-state index in [1.807, 2.05) is 35.2 Å². The van der Waals surface area contributed by atoms with Crippen molar-refractivity contribution >= 4 is 48.3 Å². The lowest BCUT2D eigenvalue weighted by atomic mass is 10.0. The van der Waals surface area contributed by atoms with Crippen LogP contribution in [0.4, 0.5) is 4.39 Å². The van der Waals surface area contributed by atoms with Crippen LogP contribution in [-0.4, -0.2) is 30.1 Å². The molecule has 2 aromatic carbocycles. The van der Waals surface area contributed by atoms with Gasteiger partial charge in [0.1, 0.15) is 11.5 Å². The minimum atomic E-state index is -3.91. The maximum atomic E-state index is 14.1. The van der Waals surface area contributed by atoms with Gasteiger partial charge >= 0.3 is 0 Å². The normalized spacial score (nSPS) is 11.9. The van der Waals surface area contributed by atoms with Crippen molar-refractivity contribution in [2.45, 2.75) is 13.5 Å². The SMILES string of the molecule is Cc1ccc(F)cc1Cn1c(C(=O)NS(C)(=O)=O)c(-c2ccc[nH]c2=O)c2c3sccc3ccc21. The molecule has 2 N–H and O–H groups in total. The van der Waals surface area contributed by atoms with Gasteiger partial charge in [0.25, 0.3) is 11.5 Å². The number of rotatable bonds is 5. The van der Waals surface area contributed by atoms with Crippen LogP contribution in [0.25, 0.3) is 32.1 Å². The monoisotopic (exact) mass is 509 g/mol. The first-order valence-electron chi connectivity index (χ1n) is 10.6. The van der Waals surface area contributed by atoms with Crippen molar-refractivity contribution < 1.29 is 17.6 Å². The lowest BCUT2D eigenvalue weighted by molar-refractivity contribution is 0.0974. The Morgan fingerprint density at radius 2 is 1.97 bits per heavy atom. The van der Waals surface area contributed by atoms with Crippen molar-refractivity contribution in [1.29, 1.82) is 0 Å². The number of nitrogens with zero attached hydrogens (tertiary/aromatic N) is 1. The van der Waals surface area contributed by atoms with Gasteiger partial charge in [-0.15, -0.1) is 11.3 Å². The number of hydrogen-bond acceptors (Lipinski definition) is 5. The van der Waals surface area contributed by atoms with Crippen LogP contribution in [0.2, 0.25) is 0 Å². The Morgan fingerprint density at radius 1 is 1.17 bits per heavy atom. The largest absolute Gasteiger partial charge is 0.331 e. The van der Waals surface area contributed by atoms with Crippen molar-refractivity contribution in [2.24, 2.45) is 0 Å². The topological polar surface area (TPSA) is 101 Å². The number of fused-ring (bicyclic) bond motifs is 3. The van der Waals surface area contributed by atoms with E-state index in [1.165, 1.54) is 29.7 Å². The number of carbonyl (C=O) groups excluding carboxylic acids is 1. The van der Waals surface area contributed by atoms with Gasteiger partial charge in [0.15, 0.2) is 0 Å². The summed E-state index contributed by atoms with van der Waals surface area (Å²) >= 11 is 1.45. The Labute approximate surface area is 203 Å². The number of H-pyrrole nitrogens is 1. The van der Waals surface area contributed by atoms with Gasteiger partial charge in [0.2, 0.25) is 10.0 Å². The summed E-state index contributed by atoms with van der Waals surface area (Å²) in [5.74, 6) is -1.30. The first kappa shape index (κ1) is 23.0. The Bertz CT molecular complexity index is 1800. The van der Waals surface area contributed by atoms with Crippen molar-refractivity contribution in [1.82, 2.24) is 14.3 Å². The van der Waals surface area contributed by atoms with E-state index in [9.17, 15) is 22.4 Å². The number of hydrogen-bond donors (Lipinski definition) is 2. The number of amides is 1. The van der Waals surface area contributed by atoms with E-state index >= 15 is 0 Å². The van der Waals surface area contributed by atoms with E-state index in [2.05, 4.69) is 4.98 Å². The molecule has 5 rings (SSSR count). The van der Waals surface area contributed by atoms with Crippen LogP contribution in [0.3, 0.4) is 0 Å². The first-order chi connectivity index (χ1) is 16.6. The zero-order valence-electron chi connectivity index (χ0n) is 18.8. The second-order valence-electron chi connectivity index (χ2n) is 8.30. The number of aryl methyl sites for hydroxylation is 1. The predicted octanol–water partition coefficient (Wildman–Crippen LogP) is 4.40. The van der Waals surface area contributed by atoms with Crippen LogP contribution in [0.15, 0.2) is 64.9 Å². The second-order valence-corrected chi connectivity index (χ2v) is 11.0. The fourth-order valence-corrected chi connectivity index (χ4v) is 5.72. The molecule has 0 fully saturated rings. The molecule has 0 saturated heterocycles. The number of nitrogens with one attached hydrogen (secondary N) is 2. The second kappa shape index (κ2) is 8.47. The molecule has 35 heavy (non-hydrogen) atoms. The molecular formula is C25H20FN3O4S2. The summed E-state index contributed by atoms with van der Waals surface area (Å²) in [6.45, 7) is 1.92. The van der Waals surface area contributed by atoms with E-state index in [0.29, 0.717) is 22.0 Å². The summed E-state index contributed by atoms with van der Waals surface area (Å²) in [4.78, 5) is 29.0. The Morgan fingerprint density at radius 3 is 2.71 bits per heavy atom. The zero-order chi connectivity index (χ0) is 24.9. The summed E-state index contributed by atoms with van der Waals surface area (Å²) in [5, 5.41) is 3.49. The average molecular weight is 510 g/mol. The van der Waals surface area contributed by atoms with Crippen LogP contribution in [-0.2, 0) is 16.6 Å². The highest BCUT2D eigenvalue weighted by Gasteiger charge is 2.28. The average Bonchev–Trinajstić information content (AvgIpc) is 3.38. The minimum Gasteiger partial charge on any atom is -0.331 e. The maximum Gasteiger partial charge on any atom is 0.282 e. The molecule has 3 aromatic heterocycles. The third-order valence-corrected chi connectivity index (χ3v) is 7.37. The van der Waals surface area contributed by atoms with Crippen molar-refractivity contribution in [2.75, 3.05) is 6.26 Å². The van der Waals surface area contributed by atoms with E-state index in [1.54, 1.807) is 22.8 Å². The lowest BCUT2D eigenvalue weighted by Crippen LogP contribution is -2.32. The summed E-state index contributed by atoms with van der Waals surface area (Å²) in [7, 11) is -3.91. The molecule has 0 aliphatic heterocycles. The zero-order valence-corrected chi connectivity index (χ0v) is 20.4. The quantitative estimate of drug-likeness (QED) is 0.367. The number of aromatic nitrogens is 2. The molecule has 0 saturated carbocycles. The number of thiophene rings is 1. The van der Waals surface area contributed by atoms with E-state index in [-0.39, 0.29) is 17.8 Å². The molecule has 0 radical (unpaired) electrons. The first-order valence-corrected chi connectivity index (χ1v) is 13.4. The van der Waals surface area contributed by atoms with Gasteiger partial charge in [-0.2, -0.15) is 0 Å². The number of sulfonamides is 1. The van der Waals surface area contributed by atoms with Crippen molar-refractivity contribution in [3.05, 3.63) is 93.1 Å². The fourth-order valence-electron chi connectivity index (χ4n) is 4.34. The maximum absolute atomic E-state index is 14.1. The third kappa shape index (κ3) is 4.15. The molecule has 0 unspecified atom stereocenters. The molecule has 7 nitrogen and oxygen atoms in total.